The number of thiophene rings is 1. The quantitative estimate of drug-likeness (QED) is 0.601. The number of hydrogen-bond donors (Lipinski definition) is 1. The van der Waals surface area contributed by atoms with E-state index in [0.29, 0.717) is 37.5 Å². The largest absolute Gasteiger partial charge is 0.465 e. The Hall–Kier alpha value is -2.46. The Balaban J connectivity index is 1.93. The minimum Gasteiger partial charge on any atom is -0.465 e. The van der Waals surface area contributed by atoms with E-state index in [0.717, 1.165) is 24.4 Å². The van der Waals surface area contributed by atoms with Gasteiger partial charge in [0.25, 0.3) is 0 Å². The van der Waals surface area contributed by atoms with Crippen LogP contribution in [0.4, 0.5) is 5.00 Å². The zero-order valence-electron chi connectivity index (χ0n) is 18.8. The maximum Gasteiger partial charge on any atom is 0.348 e. The van der Waals surface area contributed by atoms with Gasteiger partial charge in [0.2, 0.25) is 11.8 Å². The van der Waals surface area contributed by atoms with Crippen molar-refractivity contribution in [2.24, 2.45) is 5.92 Å². The Kier molecular flexibility index (Phi) is 9.00. The first-order valence-electron chi connectivity index (χ1n) is 10.3. The van der Waals surface area contributed by atoms with Crippen molar-refractivity contribution in [3.8, 4) is 0 Å². The van der Waals surface area contributed by atoms with Gasteiger partial charge in [0.15, 0.2) is 0 Å². The van der Waals surface area contributed by atoms with Gasteiger partial charge < -0.3 is 19.7 Å². The molecule has 9 nitrogen and oxygen atoms in total. The van der Waals surface area contributed by atoms with Gasteiger partial charge in [-0.15, -0.1) is 11.3 Å². The molecule has 1 aromatic rings. The molecule has 0 unspecified atom stereocenters. The molecule has 2 amide bonds. The van der Waals surface area contributed by atoms with Gasteiger partial charge in [0, 0.05) is 45.6 Å². The predicted octanol–water partition coefficient (Wildman–Crippen LogP) is 2.15. The summed E-state index contributed by atoms with van der Waals surface area (Å²) in [4.78, 5) is 53.1. The molecule has 2 rings (SSSR count). The summed E-state index contributed by atoms with van der Waals surface area (Å²) in [6, 6.07) is 0. The van der Waals surface area contributed by atoms with Crippen LogP contribution in [0.15, 0.2) is 0 Å². The highest BCUT2D eigenvalue weighted by Gasteiger charge is 2.27. The number of amides is 2. The number of esters is 2. The van der Waals surface area contributed by atoms with Crippen molar-refractivity contribution in [2.45, 2.75) is 33.6 Å². The third kappa shape index (κ3) is 6.51. The third-order valence-electron chi connectivity index (χ3n) is 5.12. The standard InChI is InChI=1S/C21H31N3O6S/c1-13(2)12-16(26)24-10-8-23(9-11-24)7-6-15(25)22-19-17(20(27)29-4)14(3)18(31-19)21(28)30-5/h13H,6-12H2,1-5H3,(H,22,25). The molecule has 0 saturated carbocycles. The summed E-state index contributed by atoms with van der Waals surface area (Å²) in [5, 5.41) is 3.01. The molecule has 0 bridgehead atoms. The molecule has 172 valence electrons. The second-order valence-corrected chi connectivity index (χ2v) is 8.88. The van der Waals surface area contributed by atoms with Crippen LogP contribution in [0.1, 0.15) is 52.3 Å². The van der Waals surface area contributed by atoms with Gasteiger partial charge in [-0.2, -0.15) is 0 Å². The van der Waals surface area contributed by atoms with Gasteiger partial charge in [0.1, 0.15) is 9.88 Å². The van der Waals surface area contributed by atoms with Crippen molar-refractivity contribution in [2.75, 3.05) is 52.3 Å². The monoisotopic (exact) mass is 453 g/mol. The average molecular weight is 454 g/mol. The molecule has 1 aliphatic rings. The van der Waals surface area contributed by atoms with Crippen LogP contribution in [0.5, 0.6) is 0 Å². The van der Waals surface area contributed by atoms with Crippen molar-refractivity contribution < 1.29 is 28.7 Å². The minimum absolute atomic E-state index is 0.165. The fourth-order valence-corrected chi connectivity index (χ4v) is 4.51. The summed E-state index contributed by atoms with van der Waals surface area (Å²) in [5.41, 5.74) is 0.583. The van der Waals surface area contributed by atoms with Gasteiger partial charge in [-0.1, -0.05) is 13.8 Å². The summed E-state index contributed by atoms with van der Waals surface area (Å²) < 4.78 is 9.55. The van der Waals surface area contributed by atoms with E-state index in [1.54, 1.807) is 6.92 Å². The molecule has 0 atom stereocenters. The topological polar surface area (TPSA) is 105 Å². The van der Waals surface area contributed by atoms with E-state index in [2.05, 4.69) is 10.2 Å². The van der Waals surface area contributed by atoms with Crippen molar-refractivity contribution >= 4 is 40.1 Å². The van der Waals surface area contributed by atoms with Crippen molar-refractivity contribution in [1.82, 2.24) is 9.80 Å². The lowest BCUT2D eigenvalue weighted by Gasteiger charge is -2.35. The van der Waals surface area contributed by atoms with E-state index >= 15 is 0 Å². The van der Waals surface area contributed by atoms with E-state index in [4.69, 9.17) is 9.47 Å². The fourth-order valence-electron chi connectivity index (χ4n) is 3.38. The first kappa shape index (κ1) is 24.8. The molecule has 10 heteroatoms. The van der Waals surface area contributed by atoms with Crippen LogP contribution in [0.25, 0.3) is 0 Å². The molecule has 0 aliphatic carbocycles. The van der Waals surface area contributed by atoms with Crippen LogP contribution in [0.2, 0.25) is 0 Å². The molecular weight excluding hydrogens is 422 g/mol. The van der Waals surface area contributed by atoms with Gasteiger partial charge in [-0.05, 0) is 18.4 Å². The molecule has 1 N–H and O–H groups in total. The van der Waals surface area contributed by atoms with Crippen molar-refractivity contribution in [3.05, 3.63) is 16.0 Å². The third-order valence-corrected chi connectivity index (χ3v) is 6.31. The lowest BCUT2D eigenvalue weighted by molar-refractivity contribution is -0.134. The molecule has 1 saturated heterocycles. The molecule has 1 aliphatic heterocycles. The van der Waals surface area contributed by atoms with E-state index in [9.17, 15) is 19.2 Å². The number of rotatable bonds is 8. The normalized spacial score (nSPS) is 14.5. The van der Waals surface area contributed by atoms with E-state index in [-0.39, 0.29) is 33.7 Å². The summed E-state index contributed by atoms with van der Waals surface area (Å²) in [5.74, 6) is -0.942. The smallest absolute Gasteiger partial charge is 0.348 e. The summed E-state index contributed by atoms with van der Waals surface area (Å²) >= 11 is 0.995. The summed E-state index contributed by atoms with van der Waals surface area (Å²) in [6.45, 7) is 8.97. The average Bonchev–Trinajstić information content (AvgIpc) is 3.06. The number of carbonyl (C=O) groups excluding carboxylic acids is 4. The maximum atomic E-state index is 12.5. The fraction of sp³-hybridized carbons (Fsp3) is 0.619. The van der Waals surface area contributed by atoms with Gasteiger partial charge >= 0.3 is 11.9 Å². The first-order chi connectivity index (χ1) is 14.7. The molecule has 0 spiro atoms. The molecule has 31 heavy (non-hydrogen) atoms. The first-order valence-corrected chi connectivity index (χ1v) is 11.1. The van der Waals surface area contributed by atoms with Crippen LogP contribution in [0, 0.1) is 12.8 Å². The zero-order chi connectivity index (χ0) is 23.1. The Morgan fingerprint density at radius 1 is 1.03 bits per heavy atom. The SMILES string of the molecule is COC(=O)c1sc(NC(=O)CCN2CCN(C(=O)CC(C)C)CC2)c(C(=O)OC)c1C. The minimum atomic E-state index is -0.624. The van der Waals surface area contributed by atoms with Crippen molar-refractivity contribution in [3.63, 3.8) is 0 Å². The van der Waals surface area contributed by atoms with Crippen LogP contribution in [-0.2, 0) is 19.1 Å². The number of carbonyl (C=O) groups is 4. The van der Waals surface area contributed by atoms with Crippen LogP contribution in [0.3, 0.4) is 0 Å². The number of nitrogens with zero attached hydrogens (tertiary/aromatic N) is 2. The number of nitrogens with one attached hydrogen (secondary N) is 1. The van der Waals surface area contributed by atoms with E-state index < -0.39 is 11.9 Å². The number of methoxy groups -OCH3 is 2. The van der Waals surface area contributed by atoms with E-state index in [1.807, 2.05) is 18.7 Å². The lowest BCUT2D eigenvalue weighted by Crippen LogP contribution is -2.49. The predicted molar refractivity (Wildman–Crippen MR) is 117 cm³/mol. The van der Waals surface area contributed by atoms with Gasteiger partial charge in [0.05, 0.1) is 19.8 Å². The molecule has 0 aromatic carbocycles. The number of ether oxygens (including phenoxy) is 2. The Labute approximate surface area is 186 Å². The molecular formula is C21H31N3O6S. The maximum absolute atomic E-state index is 12.5. The Morgan fingerprint density at radius 3 is 2.19 bits per heavy atom. The van der Waals surface area contributed by atoms with Crippen LogP contribution < -0.4 is 5.32 Å². The van der Waals surface area contributed by atoms with E-state index in [1.165, 1.54) is 14.2 Å². The van der Waals surface area contributed by atoms with Crippen LogP contribution in [-0.4, -0.2) is 80.5 Å². The number of hydrogen-bond acceptors (Lipinski definition) is 8. The summed E-state index contributed by atoms with van der Waals surface area (Å²) in [6.07, 6.45) is 0.782. The highest BCUT2D eigenvalue weighted by Crippen LogP contribution is 2.34. The highest BCUT2D eigenvalue weighted by molar-refractivity contribution is 7.18. The van der Waals surface area contributed by atoms with Crippen molar-refractivity contribution in [1.29, 1.82) is 0 Å². The molecule has 2 heterocycles. The second kappa shape index (κ2) is 11.2. The molecule has 1 aromatic heterocycles. The summed E-state index contributed by atoms with van der Waals surface area (Å²) in [7, 11) is 2.50. The molecule has 0 radical (unpaired) electrons. The van der Waals surface area contributed by atoms with Gasteiger partial charge in [-0.3, -0.25) is 14.5 Å². The number of piperazine rings is 1. The zero-order valence-corrected chi connectivity index (χ0v) is 19.6. The lowest BCUT2D eigenvalue weighted by atomic mass is 10.1. The Bertz CT molecular complexity index is 827. The highest BCUT2D eigenvalue weighted by atomic mass is 32.1. The Morgan fingerprint density at radius 2 is 1.65 bits per heavy atom. The number of anilines is 1. The van der Waals surface area contributed by atoms with Crippen LogP contribution >= 0.6 is 11.3 Å². The van der Waals surface area contributed by atoms with Gasteiger partial charge in [-0.25, -0.2) is 9.59 Å². The second-order valence-electron chi connectivity index (χ2n) is 7.86. The molecule has 1 fully saturated rings.